The highest BCUT2D eigenvalue weighted by Gasteiger charge is 2.36. The van der Waals surface area contributed by atoms with Crippen LogP contribution in [0.3, 0.4) is 0 Å². The maximum Gasteiger partial charge on any atom is 0.345 e. The van der Waals surface area contributed by atoms with Crippen LogP contribution in [-0.2, 0) is 20.4 Å². The van der Waals surface area contributed by atoms with E-state index >= 15 is 0 Å². The fraction of sp³-hybridized carbons (Fsp3) is 0.222. The average Bonchev–Trinajstić information content (AvgIpc) is 3.29. The molecule has 0 amide bonds. The zero-order valence-electron chi connectivity index (χ0n) is 17.6. The molecule has 0 radical (unpaired) electrons. The van der Waals surface area contributed by atoms with E-state index in [4.69, 9.17) is 15.9 Å². The summed E-state index contributed by atoms with van der Waals surface area (Å²) in [6.45, 7) is -0.189. The van der Waals surface area contributed by atoms with Crippen molar-refractivity contribution in [2.45, 2.75) is 46.0 Å². The van der Waals surface area contributed by atoms with Gasteiger partial charge in [0.25, 0.3) is 0 Å². The molecule has 3 aromatic carbocycles. The Morgan fingerprint density at radius 2 is 1.47 bits per heavy atom. The van der Waals surface area contributed by atoms with Crippen LogP contribution in [0.15, 0.2) is 93.5 Å². The molecule has 0 heterocycles. The molecule has 3 nitrogen and oxygen atoms in total. The predicted octanol–water partition coefficient (Wildman–Crippen LogP) is 5.79. The Hall–Kier alpha value is -3.23. The third kappa shape index (κ3) is 5.15. The SMILES string of the molecule is C#CC1(OC(=O)COc2ccc([S+](c3ccccc3)c3ccc(F)cc3)cc2)CCCC1. The van der Waals surface area contributed by atoms with Crippen LogP contribution in [-0.4, -0.2) is 18.2 Å². The highest BCUT2D eigenvalue weighted by molar-refractivity contribution is 7.97. The number of hydrogen-bond donors (Lipinski definition) is 0. The number of benzene rings is 3. The molecule has 0 spiro atoms. The predicted molar refractivity (Wildman–Crippen MR) is 123 cm³/mol. The van der Waals surface area contributed by atoms with E-state index in [0.717, 1.165) is 27.5 Å². The van der Waals surface area contributed by atoms with Crippen LogP contribution in [0.2, 0.25) is 0 Å². The van der Waals surface area contributed by atoms with Crippen LogP contribution in [0.5, 0.6) is 5.75 Å². The first-order valence-electron chi connectivity index (χ1n) is 10.6. The van der Waals surface area contributed by atoms with E-state index in [1.54, 1.807) is 0 Å². The van der Waals surface area contributed by atoms with Crippen molar-refractivity contribution in [1.82, 2.24) is 0 Å². The molecule has 1 atom stereocenters. The van der Waals surface area contributed by atoms with Gasteiger partial charge in [0.15, 0.2) is 26.9 Å². The van der Waals surface area contributed by atoms with E-state index in [2.05, 4.69) is 18.1 Å². The molecule has 162 valence electrons. The molecule has 0 bridgehead atoms. The van der Waals surface area contributed by atoms with Crippen molar-refractivity contribution in [3.8, 4) is 18.1 Å². The highest BCUT2D eigenvalue weighted by atomic mass is 32.2. The van der Waals surface area contributed by atoms with Gasteiger partial charge in [-0.05, 0) is 86.3 Å². The topological polar surface area (TPSA) is 35.5 Å². The van der Waals surface area contributed by atoms with Crippen LogP contribution < -0.4 is 4.74 Å². The van der Waals surface area contributed by atoms with E-state index < -0.39 is 22.5 Å². The summed E-state index contributed by atoms with van der Waals surface area (Å²) >= 11 is 0. The zero-order chi connectivity index (χ0) is 22.4. The Kier molecular flexibility index (Phi) is 6.82. The number of rotatable bonds is 7. The molecule has 0 aliphatic heterocycles. The second-order valence-electron chi connectivity index (χ2n) is 7.65. The van der Waals surface area contributed by atoms with Crippen molar-refractivity contribution in [2.75, 3.05) is 6.61 Å². The quantitative estimate of drug-likeness (QED) is 0.261. The van der Waals surface area contributed by atoms with Crippen LogP contribution in [0.25, 0.3) is 0 Å². The van der Waals surface area contributed by atoms with Crippen molar-refractivity contribution < 1.29 is 18.7 Å². The highest BCUT2D eigenvalue weighted by Crippen LogP contribution is 2.33. The van der Waals surface area contributed by atoms with Gasteiger partial charge in [0, 0.05) is 0 Å². The van der Waals surface area contributed by atoms with Crippen molar-refractivity contribution in [3.63, 3.8) is 0 Å². The Morgan fingerprint density at radius 1 is 0.906 bits per heavy atom. The lowest BCUT2D eigenvalue weighted by atomic mass is 10.0. The molecule has 32 heavy (non-hydrogen) atoms. The molecule has 1 aliphatic rings. The van der Waals surface area contributed by atoms with Crippen molar-refractivity contribution in [1.29, 1.82) is 0 Å². The lowest BCUT2D eigenvalue weighted by molar-refractivity contribution is -0.156. The number of halogens is 1. The minimum Gasteiger partial charge on any atom is -0.482 e. The molecule has 4 rings (SSSR count). The molecule has 0 N–H and O–H groups in total. The molecule has 0 saturated heterocycles. The normalized spacial score (nSPS) is 15.5. The zero-order valence-corrected chi connectivity index (χ0v) is 18.4. The molecule has 3 aromatic rings. The van der Waals surface area contributed by atoms with Gasteiger partial charge < -0.3 is 9.47 Å². The fourth-order valence-electron chi connectivity index (χ4n) is 3.82. The summed E-state index contributed by atoms with van der Waals surface area (Å²) in [5, 5.41) is 0. The van der Waals surface area contributed by atoms with Gasteiger partial charge in [-0.15, -0.1) is 6.42 Å². The van der Waals surface area contributed by atoms with Gasteiger partial charge in [0.2, 0.25) is 0 Å². The van der Waals surface area contributed by atoms with Gasteiger partial charge in [-0.2, -0.15) is 0 Å². The Labute approximate surface area is 190 Å². The fourth-order valence-corrected chi connectivity index (χ4v) is 5.88. The number of ether oxygens (including phenoxy) is 2. The minimum atomic E-state index is -0.774. The maximum absolute atomic E-state index is 13.5. The summed E-state index contributed by atoms with van der Waals surface area (Å²) in [6, 6.07) is 24.3. The average molecular weight is 448 g/mol. The summed E-state index contributed by atoms with van der Waals surface area (Å²) in [6.07, 6.45) is 8.93. The third-order valence-electron chi connectivity index (χ3n) is 5.43. The molecule has 5 heteroatoms. The van der Waals surface area contributed by atoms with Gasteiger partial charge in [0.05, 0.1) is 10.9 Å². The van der Waals surface area contributed by atoms with Gasteiger partial charge >= 0.3 is 5.97 Å². The Morgan fingerprint density at radius 3 is 2.06 bits per heavy atom. The molecule has 1 saturated carbocycles. The Balaban J connectivity index is 1.47. The first-order chi connectivity index (χ1) is 15.6. The summed E-state index contributed by atoms with van der Waals surface area (Å²) in [4.78, 5) is 15.5. The summed E-state index contributed by atoms with van der Waals surface area (Å²) in [5.41, 5.74) is -0.774. The van der Waals surface area contributed by atoms with Crippen LogP contribution in [0.4, 0.5) is 4.39 Å². The van der Waals surface area contributed by atoms with Crippen molar-refractivity contribution >= 4 is 16.9 Å². The van der Waals surface area contributed by atoms with Crippen LogP contribution >= 0.6 is 0 Å². The number of hydrogen-bond acceptors (Lipinski definition) is 3. The van der Waals surface area contributed by atoms with Crippen molar-refractivity contribution in [3.05, 3.63) is 84.7 Å². The second kappa shape index (κ2) is 9.93. The van der Waals surface area contributed by atoms with E-state index in [0.29, 0.717) is 18.6 Å². The van der Waals surface area contributed by atoms with E-state index in [1.807, 2.05) is 54.6 Å². The smallest absolute Gasteiger partial charge is 0.345 e. The maximum atomic E-state index is 13.5. The van der Waals surface area contributed by atoms with Gasteiger partial charge in [0.1, 0.15) is 11.6 Å². The minimum absolute atomic E-state index is 0.189. The molecule has 1 fully saturated rings. The van der Waals surface area contributed by atoms with Crippen molar-refractivity contribution in [2.24, 2.45) is 0 Å². The molecule has 1 unspecified atom stereocenters. The number of carbonyl (C=O) groups excluding carboxylic acids is 1. The summed E-state index contributed by atoms with van der Waals surface area (Å²) < 4.78 is 24.6. The first-order valence-corrected chi connectivity index (χ1v) is 11.8. The number of esters is 1. The molecular formula is C27H24FO3S+. The van der Waals surface area contributed by atoms with Gasteiger partial charge in [-0.1, -0.05) is 24.1 Å². The van der Waals surface area contributed by atoms with E-state index in [1.165, 1.54) is 12.1 Å². The molecule has 0 aromatic heterocycles. The van der Waals surface area contributed by atoms with Crippen LogP contribution in [0.1, 0.15) is 25.7 Å². The number of carbonyl (C=O) groups is 1. The first kappa shape index (κ1) is 22.0. The Bertz CT molecular complexity index is 1080. The van der Waals surface area contributed by atoms with Gasteiger partial charge in [-0.25, -0.2) is 9.18 Å². The standard InChI is InChI=1S/C27H24FO3S/c1-2-27(18-6-7-19-27)31-26(29)20-30-22-12-16-25(17-13-22)32(23-8-4-3-5-9-23)24-14-10-21(28)11-15-24/h1,3-5,8-17H,6-7,18-20H2/q+1. The van der Waals surface area contributed by atoms with Crippen LogP contribution in [0, 0.1) is 18.2 Å². The van der Waals surface area contributed by atoms with E-state index in [9.17, 15) is 9.18 Å². The number of terminal acetylenes is 1. The second-order valence-corrected chi connectivity index (χ2v) is 9.68. The molecule has 1 aliphatic carbocycles. The lowest BCUT2D eigenvalue weighted by Gasteiger charge is -2.22. The monoisotopic (exact) mass is 447 g/mol. The summed E-state index contributed by atoms with van der Waals surface area (Å²) in [5.74, 6) is 2.50. The van der Waals surface area contributed by atoms with Gasteiger partial charge in [-0.3, -0.25) is 0 Å². The largest absolute Gasteiger partial charge is 0.482 e. The third-order valence-corrected chi connectivity index (χ3v) is 7.66. The molecular weight excluding hydrogens is 423 g/mol. The van der Waals surface area contributed by atoms with E-state index in [-0.39, 0.29) is 12.4 Å². The lowest BCUT2D eigenvalue weighted by Crippen LogP contribution is -2.32. The summed E-state index contributed by atoms with van der Waals surface area (Å²) in [7, 11) is -0.390.